The molecule has 0 saturated carbocycles. The van der Waals surface area contributed by atoms with Gasteiger partial charge in [0.15, 0.2) is 0 Å². The third kappa shape index (κ3) is 3.00. The van der Waals surface area contributed by atoms with Crippen molar-refractivity contribution in [1.82, 2.24) is 4.98 Å². The van der Waals surface area contributed by atoms with Crippen LogP contribution in [-0.2, 0) is 0 Å². The maximum atomic E-state index is 5.71. The van der Waals surface area contributed by atoms with Gasteiger partial charge in [-0.25, -0.2) is 4.98 Å². The number of hydrogen-bond donors (Lipinski definition) is 1. The van der Waals surface area contributed by atoms with Gasteiger partial charge in [-0.05, 0) is 25.8 Å². The van der Waals surface area contributed by atoms with Crippen LogP contribution < -0.4 is 10.5 Å². The van der Waals surface area contributed by atoms with E-state index >= 15 is 0 Å². The lowest BCUT2D eigenvalue weighted by Gasteiger charge is -2.12. The van der Waals surface area contributed by atoms with Crippen LogP contribution in [0.4, 0.5) is 0 Å². The number of ether oxygens (including phenoxy) is 1. The molecule has 0 aliphatic rings. The molecule has 1 heterocycles. The molecule has 3 heteroatoms. The van der Waals surface area contributed by atoms with Gasteiger partial charge in [0.25, 0.3) is 0 Å². The van der Waals surface area contributed by atoms with Crippen LogP contribution in [0.1, 0.15) is 38.8 Å². The summed E-state index contributed by atoms with van der Waals surface area (Å²) in [7, 11) is 0. The summed E-state index contributed by atoms with van der Waals surface area (Å²) in [4.78, 5) is 4.19. The first-order chi connectivity index (χ1) is 6.63. The fourth-order valence-electron chi connectivity index (χ4n) is 1.02. The van der Waals surface area contributed by atoms with E-state index in [4.69, 9.17) is 10.5 Å². The fourth-order valence-corrected chi connectivity index (χ4v) is 1.02. The summed E-state index contributed by atoms with van der Waals surface area (Å²) < 4.78 is 5.55. The van der Waals surface area contributed by atoms with E-state index in [1.54, 1.807) is 6.20 Å². The van der Waals surface area contributed by atoms with E-state index in [1.807, 2.05) is 26.0 Å². The van der Waals surface area contributed by atoms with Crippen LogP contribution in [0, 0.1) is 0 Å². The van der Waals surface area contributed by atoms with Crippen molar-refractivity contribution in [3.05, 3.63) is 23.9 Å². The highest BCUT2D eigenvalue weighted by Crippen LogP contribution is 2.14. The van der Waals surface area contributed by atoms with Crippen molar-refractivity contribution in [2.45, 2.75) is 39.3 Å². The van der Waals surface area contributed by atoms with E-state index < -0.39 is 0 Å². The zero-order chi connectivity index (χ0) is 10.6. The minimum absolute atomic E-state index is 0.0279. The Hall–Kier alpha value is -1.09. The van der Waals surface area contributed by atoms with Crippen LogP contribution in [-0.4, -0.2) is 11.1 Å². The number of nitrogens with zero attached hydrogens (tertiary/aromatic N) is 1. The van der Waals surface area contributed by atoms with Crippen molar-refractivity contribution in [1.29, 1.82) is 0 Å². The first-order valence-electron chi connectivity index (χ1n) is 5.01. The van der Waals surface area contributed by atoms with E-state index in [9.17, 15) is 0 Å². The molecule has 0 aliphatic heterocycles. The molecule has 3 nitrogen and oxygen atoms in total. The second kappa shape index (κ2) is 4.96. The Kier molecular flexibility index (Phi) is 3.89. The third-order valence-corrected chi connectivity index (χ3v) is 2.18. The second-order valence-electron chi connectivity index (χ2n) is 3.56. The number of aromatic nitrogens is 1. The molecule has 1 rings (SSSR count). The number of rotatable bonds is 4. The molecule has 0 aromatic carbocycles. The minimum atomic E-state index is 0.0279. The smallest absolute Gasteiger partial charge is 0.213 e. The van der Waals surface area contributed by atoms with Crippen LogP contribution >= 0.6 is 0 Å². The van der Waals surface area contributed by atoms with Crippen LogP contribution in [0.5, 0.6) is 5.88 Å². The normalized spacial score (nSPS) is 14.9. The molecule has 0 fully saturated rings. The van der Waals surface area contributed by atoms with Crippen molar-refractivity contribution in [2.24, 2.45) is 5.73 Å². The molecular weight excluding hydrogens is 176 g/mol. The van der Waals surface area contributed by atoms with Crippen LogP contribution in [0.25, 0.3) is 0 Å². The largest absolute Gasteiger partial charge is 0.475 e. The number of hydrogen-bond acceptors (Lipinski definition) is 3. The lowest BCUT2D eigenvalue weighted by molar-refractivity contribution is 0.208. The van der Waals surface area contributed by atoms with Gasteiger partial charge in [-0.3, -0.25) is 0 Å². The third-order valence-electron chi connectivity index (χ3n) is 2.18. The van der Waals surface area contributed by atoms with E-state index in [0.717, 1.165) is 12.0 Å². The summed E-state index contributed by atoms with van der Waals surface area (Å²) in [5, 5.41) is 0. The van der Waals surface area contributed by atoms with Crippen molar-refractivity contribution in [3.8, 4) is 5.88 Å². The summed E-state index contributed by atoms with van der Waals surface area (Å²) in [5.41, 5.74) is 6.74. The molecule has 0 radical (unpaired) electrons. The van der Waals surface area contributed by atoms with Crippen molar-refractivity contribution < 1.29 is 4.74 Å². The van der Waals surface area contributed by atoms with Crippen molar-refractivity contribution >= 4 is 0 Å². The zero-order valence-corrected chi connectivity index (χ0v) is 9.03. The van der Waals surface area contributed by atoms with Gasteiger partial charge < -0.3 is 10.5 Å². The van der Waals surface area contributed by atoms with Crippen molar-refractivity contribution in [2.75, 3.05) is 0 Å². The van der Waals surface area contributed by atoms with Gasteiger partial charge in [-0.1, -0.05) is 13.0 Å². The molecular formula is C11H18N2O. The Morgan fingerprint density at radius 1 is 1.43 bits per heavy atom. The van der Waals surface area contributed by atoms with Gasteiger partial charge in [0.1, 0.15) is 0 Å². The monoisotopic (exact) mass is 194 g/mol. The summed E-state index contributed by atoms with van der Waals surface area (Å²) in [6, 6.07) is 3.85. The predicted octanol–water partition coefficient (Wildman–Crippen LogP) is 2.28. The second-order valence-corrected chi connectivity index (χ2v) is 3.56. The number of pyridine rings is 1. The molecule has 0 aliphatic carbocycles. The lowest BCUT2D eigenvalue weighted by atomic mass is 10.2. The number of nitrogens with two attached hydrogens (primary N) is 1. The Morgan fingerprint density at radius 2 is 2.14 bits per heavy atom. The van der Waals surface area contributed by atoms with Crippen molar-refractivity contribution in [3.63, 3.8) is 0 Å². The minimum Gasteiger partial charge on any atom is -0.475 e. The highest BCUT2D eigenvalue weighted by Gasteiger charge is 2.03. The van der Waals surface area contributed by atoms with Gasteiger partial charge in [-0.15, -0.1) is 0 Å². The summed E-state index contributed by atoms with van der Waals surface area (Å²) in [5.74, 6) is 0.670. The maximum Gasteiger partial charge on any atom is 0.213 e. The van der Waals surface area contributed by atoms with Crippen LogP contribution in [0.2, 0.25) is 0 Å². The van der Waals surface area contributed by atoms with Gasteiger partial charge in [0, 0.05) is 18.3 Å². The zero-order valence-electron chi connectivity index (χ0n) is 9.03. The van der Waals surface area contributed by atoms with Crippen LogP contribution in [0.3, 0.4) is 0 Å². The molecule has 1 aromatic rings. The fraction of sp³-hybridized carbons (Fsp3) is 0.545. The first kappa shape index (κ1) is 11.0. The lowest BCUT2D eigenvalue weighted by Crippen LogP contribution is -2.11. The summed E-state index contributed by atoms with van der Waals surface area (Å²) in [6.07, 6.45) is 2.96. The molecule has 2 N–H and O–H groups in total. The molecule has 0 saturated heterocycles. The molecule has 0 bridgehead atoms. The molecule has 0 spiro atoms. The molecule has 0 amide bonds. The highest BCUT2D eigenvalue weighted by molar-refractivity contribution is 5.20. The molecule has 1 unspecified atom stereocenters. The van der Waals surface area contributed by atoms with E-state index in [0.29, 0.717) is 5.88 Å². The Labute approximate surface area is 85.3 Å². The van der Waals surface area contributed by atoms with Gasteiger partial charge in [0.05, 0.1) is 6.10 Å². The van der Waals surface area contributed by atoms with Gasteiger partial charge in [0.2, 0.25) is 5.88 Å². The summed E-state index contributed by atoms with van der Waals surface area (Å²) in [6.45, 7) is 6.05. The van der Waals surface area contributed by atoms with E-state index in [-0.39, 0.29) is 12.1 Å². The topological polar surface area (TPSA) is 48.1 Å². The van der Waals surface area contributed by atoms with E-state index in [1.165, 1.54) is 0 Å². The van der Waals surface area contributed by atoms with E-state index in [2.05, 4.69) is 11.9 Å². The Balaban J connectivity index is 2.64. The average molecular weight is 194 g/mol. The van der Waals surface area contributed by atoms with Gasteiger partial charge in [-0.2, -0.15) is 0 Å². The molecule has 78 valence electrons. The standard InChI is InChI=1S/C11H18N2O/c1-4-8(2)14-11-6-5-10(7-13-11)9(3)12/h5-9H,4,12H2,1-3H3/t8?,9-/m0/s1. The first-order valence-corrected chi connectivity index (χ1v) is 5.01. The average Bonchev–Trinajstić information content (AvgIpc) is 2.18. The molecule has 14 heavy (non-hydrogen) atoms. The molecule has 1 aromatic heterocycles. The van der Waals surface area contributed by atoms with Crippen LogP contribution in [0.15, 0.2) is 18.3 Å². The molecule has 2 atom stereocenters. The maximum absolute atomic E-state index is 5.71. The Bertz CT molecular complexity index is 269. The highest BCUT2D eigenvalue weighted by atomic mass is 16.5. The Morgan fingerprint density at radius 3 is 2.57 bits per heavy atom. The SMILES string of the molecule is CCC(C)Oc1ccc([C@H](C)N)cn1. The quantitative estimate of drug-likeness (QED) is 0.800. The predicted molar refractivity (Wildman–Crippen MR) is 57.2 cm³/mol. The summed E-state index contributed by atoms with van der Waals surface area (Å²) >= 11 is 0. The van der Waals surface area contributed by atoms with Gasteiger partial charge >= 0.3 is 0 Å².